The van der Waals surface area contributed by atoms with Crippen LogP contribution in [-0.4, -0.2) is 19.5 Å². The molecule has 0 radical (unpaired) electrons. The molecule has 1 rings (SSSR count). The molecule has 0 saturated heterocycles. The lowest BCUT2D eigenvalue weighted by Crippen LogP contribution is -2.13. The maximum absolute atomic E-state index is 13.0. The second-order valence-corrected chi connectivity index (χ2v) is 4.01. The van der Waals surface area contributed by atoms with Crippen LogP contribution in [0, 0.1) is 18.7 Å². The maximum Gasteiger partial charge on any atom is 0.165 e. The van der Waals surface area contributed by atoms with Gasteiger partial charge in [-0.05, 0) is 37.1 Å². The van der Waals surface area contributed by atoms with E-state index in [-0.39, 0.29) is 17.5 Å². The van der Waals surface area contributed by atoms with Crippen molar-refractivity contribution >= 4 is 5.78 Å². The van der Waals surface area contributed by atoms with E-state index in [0.717, 1.165) is 0 Å². The van der Waals surface area contributed by atoms with Crippen LogP contribution in [0.5, 0.6) is 0 Å². The molecule has 1 unspecified atom stereocenters. The molecule has 16 heavy (non-hydrogen) atoms. The predicted molar refractivity (Wildman–Crippen MR) is 61.1 cm³/mol. The van der Waals surface area contributed by atoms with Gasteiger partial charge in [-0.2, -0.15) is 0 Å². The Morgan fingerprint density at radius 2 is 2.19 bits per heavy atom. The van der Waals surface area contributed by atoms with Gasteiger partial charge >= 0.3 is 0 Å². The molecule has 0 aliphatic heterocycles. The lowest BCUT2D eigenvalue weighted by Gasteiger charge is -2.10. The van der Waals surface area contributed by atoms with Gasteiger partial charge in [0, 0.05) is 25.2 Å². The molecule has 1 atom stereocenters. The Kier molecular flexibility index (Phi) is 4.62. The van der Waals surface area contributed by atoms with Crippen molar-refractivity contribution < 1.29 is 13.9 Å². The quantitative estimate of drug-likeness (QED) is 0.719. The van der Waals surface area contributed by atoms with Crippen LogP contribution in [0.4, 0.5) is 4.39 Å². The van der Waals surface area contributed by atoms with Crippen LogP contribution in [0.15, 0.2) is 18.2 Å². The fourth-order valence-corrected chi connectivity index (χ4v) is 1.51. The topological polar surface area (TPSA) is 26.3 Å². The van der Waals surface area contributed by atoms with Crippen molar-refractivity contribution in [2.45, 2.75) is 20.3 Å². The molecule has 0 spiro atoms. The Morgan fingerprint density at radius 3 is 2.75 bits per heavy atom. The van der Waals surface area contributed by atoms with Crippen molar-refractivity contribution in [1.82, 2.24) is 0 Å². The van der Waals surface area contributed by atoms with Gasteiger partial charge in [0.1, 0.15) is 5.82 Å². The van der Waals surface area contributed by atoms with Crippen molar-refractivity contribution in [2.75, 3.05) is 13.7 Å². The van der Waals surface area contributed by atoms with Crippen LogP contribution in [0.25, 0.3) is 0 Å². The first-order valence-corrected chi connectivity index (χ1v) is 5.35. The SMILES string of the molecule is COCCC(C)C(=O)c1ccc(F)c(C)c1. The first-order valence-electron chi connectivity index (χ1n) is 5.35. The Bertz CT molecular complexity index is 374. The number of carbonyl (C=O) groups excluding carboxylic acids is 1. The van der Waals surface area contributed by atoms with E-state index in [1.165, 1.54) is 12.1 Å². The highest BCUT2D eigenvalue weighted by Crippen LogP contribution is 2.15. The van der Waals surface area contributed by atoms with Crippen LogP contribution >= 0.6 is 0 Å². The minimum atomic E-state index is -0.277. The predicted octanol–water partition coefficient (Wildman–Crippen LogP) is 2.99. The van der Waals surface area contributed by atoms with Gasteiger partial charge in [-0.3, -0.25) is 4.79 Å². The van der Waals surface area contributed by atoms with E-state index in [4.69, 9.17) is 4.74 Å². The Hall–Kier alpha value is -1.22. The zero-order valence-electron chi connectivity index (χ0n) is 9.92. The van der Waals surface area contributed by atoms with Crippen LogP contribution in [0.3, 0.4) is 0 Å². The van der Waals surface area contributed by atoms with Crippen LogP contribution in [0.1, 0.15) is 29.3 Å². The summed E-state index contributed by atoms with van der Waals surface area (Å²) in [5, 5.41) is 0. The Balaban J connectivity index is 2.76. The molecular weight excluding hydrogens is 207 g/mol. The fraction of sp³-hybridized carbons (Fsp3) is 0.462. The zero-order valence-corrected chi connectivity index (χ0v) is 9.92. The maximum atomic E-state index is 13.0. The number of ketones is 1. The van der Waals surface area contributed by atoms with Gasteiger partial charge in [0.25, 0.3) is 0 Å². The first-order chi connectivity index (χ1) is 7.56. The van der Waals surface area contributed by atoms with Crippen molar-refractivity contribution in [3.05, 3.63) is 35.1 Å². The Morgan fingerprint density at radius 1 is 1.50 bits per heavy atom. The van der Waals surface area contributed by atoms with Crippen molar-refractivity contribution in [3.8, 4) is 0 Å². The highest BCUT2D eigenvalue weighted by Gasteiger charge is 2.15. The summed E-state index contributed by atoms with van der Waals surface area (Å²) in [5.74, 6) is -0.328. The number of hydrogen-bond donors (Lipinski definition) is 0. The number of carbonyl (C=O) groups is 1. The van der Waals surface area contributed by atoms with Gasteiger partial charge in [0.15, 0.2) is 5.78 Å². The van der Waals surface area contributed by atoms with Crippen LogP contribution in [-0.2, 0) is 4.74 Å². The molecule has 2 nitrogen and oxygen atoms in total. The number of benzene rings is 1. The van der Waals surface area contributed by atoms with Crippen molar-refractivity contribution in [1.29, 1.82) is 0 Å². The van der Waals surface area contributed by atoms with Gasteiger partial charge < -0.3 is 4.74 Å². The van der Waals surface area contributed by atoms with Gasteiger partial charge in [-0.15, -0.1) is 0 Å². The lowest BCUT2D eigenvalue weighted by molar-refractivity contribution is 0.0893. The third-order valence-corrected chi connectivity index (χ3v) is 2.65. The number of halogens is 1. The third-order valence-electron chi connectivity index (χ3n) is 2.65. The lowest BCUT2D eigenvalue weighted by atomic mass is 9.96. The first kappa shape index (κ1) is 12.8. The van der Waals surface area contributed by atoms with Gasteiger partial charge in [-0.1, -0.05) is 6.92 Å². The fourth-order valence-electron chi connectivity index (χ4n) is 1.51. The number of hydrogen-bond acceptors (Lipinski definition) is 2. The molecule has 0 heterocycles. The minimum absolute atomic E-state index is 0.0418. The summed E-state index contributed by atoms with van der Waals surface area (Å²) in [4.78, 5) is 11.9. The highest BCUT2D eigenvalue weighted by molar-refractivity contribution is 5.97. The molecule has 0 aliphatic rings. The summed E-state index contributed by atoms with van der Waals surface area (Å²) in [6.07, 6.45) is 0.686. The van der Waals surface area contributed by atoms with E-state index >= 15 is 0 Å². The second-order valence-electron chi connectivity index (χ2n) is 4.01. The van der Waals surface area contributed by atoms with E-state index in [2.05, 4.69) is 0 Å². The molecule has 0 amide bonds. The average molecular weight is 224 g/mol. The number of methoxy groups -OCH3 is 1. The third kappa shape index (κ3) is 3.14. The van der Waals surface area contributed by atoms with Crippen molar-refractivity contribution in [2.24, 2.45) is 5.92 Å². The molecule has 0 fully saturated rings. The van der Waals surface area contributed by atoms with Gasteiger partial charge in [0.2, 0.25) is 0 Å². The second kappa shape index (κ2) is 5.75. The van der Waals surface area contributed by atoms with Gasteiger partial charge in [0.05, 0.1) is 0 Å². The number of aryl methyl sites for hydroxylation is 1. The minimum Gasteiger partial charge on any atom is -0.385 e. The van der Waals surface area contributed by atoms with Crippen LogP contribution in [0.2, 0.25) is 0 Å². The summed E-state index contributed by atoms with van der Waals surface area (Å²) >= 11 is 0. The Labute approximate surface area is 95.4 Å². The normalized spacial score (nSPS) is 12.5. The van der Waals surface area contributed by atoms with Crippen LogP contribution < -0.4 is 0 Å². The summed E-state index contributed by atoms with van der Waals surface area (Å²) in [6, 6.07) is 4.47. The standard InChI is InChI=1S/C13H17FO2/c1-9(6-7-16-3)13(15)11-4-5-12(14)10(2)8-11/h4-5,8-9H,6-7H2,1-3H3. The number of ether oxygens (including phenoxy) is 1. The summed E-state index contributed by atoms with van der Waals surface area (Å²) < 4.78 is 18.0. The summed E-state index contributed by atoms with van der Waals surface area (Å²) in [5.41, 5.74) is 1.08. The van der Waals surface area contributed by atoms with E-state index in [9.17, 15) is 9.18 Å². The molecule has 3 heteroatoms. The molecule has 0 N–H and O–H groups in total. The smallest absolute Gasteiger partial charge is 0.165 e. The number of Topliss-reactive ketones (excluding diaryl/α,β-unsaturated/α-hetero) is 1. The van der Waals surface area contributed by atoms with E-state index in [1.54, 1.807) is 20.1 Å². The van der Waals surface area contributed by atoms with Gasteiger partial charge in [-0.25, -0.2) is 4.39 Å². The largest absolute Gasteiger partial charge is 0.385 e. The average Bonchev–Trinajstić information content (AvgIpc) is 2.28. The number of rotatable bonds is 5. The molecule has 1 aromatic rings. The summed E-state index contributed by atoms with van der Waals surface area (Å²) in [7, 11) is 1.61. The monoisotopic (exact) mass is 224 g/mol. The molecular formula is C13H17FO2. The molecule has 88 valence electrons. The zero-order chi connectivity index (χ0) is 12.1. The van der Waals surface area contributed by atoms with Crippen molar-refractivity contribution in [3.63, 3.8) is 0 Å². The molecule has 0 aromatic heterocycles. The molecule has 0 bridgehead atoms. The summed E-state index contributed by atoms with van der Waals surface area (Å²) in [6.45, 7) is 4.08. The molecule has 0 saturated carbocycles. The molecule has 1 aromatic carbocycles. The van der Waals surface area contributed by atoms with E-state index in [1.807, 2.05) is 6.92 Å². The molecule has 0 aliphatic carbocycles. The van der Waals surface area contributed by atoms with E-state index in [0.29, 0.717) is 24.2 Å². The highest BCUT2D eigenvalue weighted by atomic mass is 19.1. The van der Waals surface area contributed by atoms with E-state index < -0.39 is 0 Å².